The van der Waals surface area contributed by atoms with Crippen LogP contribution in [0.2, 0.25) is 0 Å². The molecule has 0 saturated carbocycles. The summed E-state index contributed by atoms with van der Waals surface area (Å²) in [6.45, 7) is 5.81. The quantitative estimate of drug-likeness (QED) is 0.906. The molecule has 0 saturated heterocycles. The maximum atomic E-state index is 12.1. The topological polar surface area (TPSA) is 49.4 Å². The van der Waals surface area contributed by atoms with Crippen LogP contribution in [0.3, 0.4) is 0 Å². The van der Waals surface area contributed by atoms with Crippen molar-refractivity contribution >= 4 is 11.8 Å². The summed E-state index contributed by atoms with van der Waals surface area (Å²) in [5.74, 6) is -0.00944. The molecule has 1 heterocycles. The van der Waals surface area contributed by atoms with Crippen molar-refractivity contribution in [3.63, 3.8) is 0 Å². The van der Waals surface area contributed by atoms with E-state index in [0.717, 1.165) is 11.3 Å². The maximum Gasteiger partial charge on any atom is 0.322 e. The number of allylic oxidation sites excluding steroid dienone is 1. The highest BCUT2D eigenvalue weighted by Gasteiger charge is 2.32. The van der Waals surface area contributed by atoms with Crippen LogP contribution < -0.4 is 5.32 Å². The first-order valence-corrected chi connectivity index (χ1v) is 6.41. The van der Waals surface area contributed by atoms with Crippen LogP contribution in [0.4, 0.5) is 4.79 Å². The Morgan fingerprint density at radius 3 is 2.47 bits per heavy atom. The van der Waals surface area contributed by atoms with Gasteiger partial charge in [0, 0.05) is 17.8 Å². The lowest BCUT2D eigenvalue weighted by Crippen LogP contribution is -2.47. The van der Waals surface area contributed by atoms with E-state index in [2.05, 4.69) is 5.32 Å². The van der Waals surface area contributed by atoms with Gasteiger partial charge in [-0.3, -0.25) is 9.69 Å². The molecule has 1 aliphatic rings. The van der Waals surface area contributed by atoms with Gasteiger partial charge < -0.3 is 5.32 Å². The van der Waals surface area contributed by atoms with Crippen LogP contribution in [0.25, 0.3) is 0 Å². The lowest BCUT2D eigenvalue weighted by Gasteiger charge is -2.34. The summed E-state index contributed by atoms with van der Waals surface area (Å²) in [7, 11) is 0. The highest BCUT2D eigenvalue weighted by atomic mass is 16.2. The van der Waals surface area contributed by atoms with Gasteiger partial charge in [0.2, 0.25) is 0 Å². The van der Waals surface area contributed by atoms with Crippen molar-refractivity contribution in [2.24, 2.45) is 0 Å². The lowest BCUT2D eigenvalue weighted by atomic mass is 9.92. The second-order valence-electron chi connectivity index (χ2n) is 4.59. The summed E-state index contributed by atoms with van der Waals surface area (Å²) < 4.78 is 0. The molecular weight excluding hydrogens is 240 g/mol. The third kappa shape index (κ3) is 2.38. The Hall–Kier alpha value is -2.10. The molecule has 0 spiro atoms. The number of benzene rings is 1. The van der Waals surface area contributed by atoms with E-state index in [1.54, 1.807) is 11.8 Å². The number of hydrogen-bond acceptors (Lipinski definition) is 2. The standard InChI is InChI=1S/C15H18N2O2/c1-4-17-10(2)13(11(3)18)14(16-15(17)19)12-8-6-5-7-9-12/h5-9,14H,4H2,1-3H3,(H,16,19)/t14-/m0/s1. The van der Waals surface area contributed by atoms with Crippen LogP contribution in [0.5, 0.6) is 0 Å². The Balaban J connectivity index is 2.52. The summed E-state index contributed by atoms with van der Waals surface area (Å²) in [6.07, 6.45) is 0. The van der Waals surface area contributed by atoms with Gasteiger partial charge in [0.25, 0.3) is 0 Å². The molecule has 2 rings (SSSR count). The molecule has 1 aromatic carbocycles. The summed E-state index contributed by atoms with van der Waals surface area (Å²) >= 11 is 0. The number of nitrogens with zero attached hydrogens (tertiary/aromatic N) is 1. The summed E-state index contributed by atoms with van der Waals surface area (Å²) in [6, 6.07) is 9.05. The first-order chi connectivity index (χ1) is 9.06. The average Bonchev–Trinajstić information content (AvgIpc) is 2.39. The molecule has 19 heavy (non-hydrogen) atoms. The number of urea groups is 1. The summed E-state index contributed by atoms with van der Waals surface area (Å²) in [5, 5.41) is 2.90. The predicted molar refractivity (Wildman–Crippen MR) is 73.5 cm³/mol. The van der Waals surface area contributed by atoms with Gasteiger partial charge in [-0.25, -0.2) is 4.79 Å². The molecule has 0 unspecified atom stereocenters. The van der Waals surface area contributed by atoms with Crippen molar-refractivity contribution in [1.29, 1.82) is 0 Å². The van der Waals surface area contributed by atoms with Crippen molar-refractivity contribution < 1.29 is 9.59 Å². The number of carbonyl (C=O) groups is 2. The van der Waals surface area contributed by atoms with E-state index >= 15 is 0 Å². The molecule has 0 bridgehead atoms. The number of Topliss-reactive ketones (excluding diaryl/α,β-unsaturated/α-hetero) is 1. The van der Waals surface area contributed by atoms with Crippen molar-refractivity contribution in [1.82, 2.24) is 10.2 Å². The minimum atomic E-state index is -0.353. The Bertz CT molecular complexity index is 534. The fourth-order valence-corrected chi connectivity index (χ4v) is 2.51. The molecule has 1 aliphatic heterocycles. The van der Waals surface area contributed by atoms with E-state index in [0.29, 0.717) is 12.1 Å². The highest BCUT2D eigenvalue weighted by Crippen LogP contribution is 2.30. The molecular formula is C15H18N2O2. The third-order valence-corrected chi connectivity index (χ3v) is 3.42. The Labute approximate surface area is 113 Å². The molecule has 1 N–H and O–H groups in total. The number of rotatable bonds is 3. The number of ketones is 1. The summed E-state index contributed by atoms with van der Waals surface area (Å²) in [4.78, 5) is 25.6. The first-order valence-electron chi connectivity index (χ1n) is 6.41. The molecule has 4 nitrogen and oxygen atoms in total. The van der Waals surface area contributed by atoms with Crippen LogP contribution in [-0.4, -0.2) is 23.3 Å². The van der Waals surface area contributed by atoms with Crippen LogP contribution >= 0.6 is 0 Å². The zero-order valence-electron chi connectivity index (χ0n) is 11.4. The highest BCUT2D eigenvalue weighted by molar-refractivity contribution is 5.98. The lowest BCUT2D eigenvalue weighted by molar-refractivity contribution is -0.114. The molecule has 0 aromatic heterocycles. The van der Waals surface area contributed by atoms with Crippen molar-refractivity contribution in [2.45, 2.75) is 26.8 Å². The third-order valence-electron chi connectivity index (χ3n) is 3.42. The van der Waals surface area contributed by atoms with Gasteiger partial charge in [-0.2, -0.15) is 0 Å². The zero-order chi connectivity index (χ0) is 14.0. The number of nitrogens with one attached hydrogen (secondary N) is 1. The fourth-order valence-electron chi connectivity index (χ4n) is 2.51. The molecule has 1 atom stereocenters. The minimum Gasteiger partial charge on any atom is -0.327 e. The molecule has 4 heteroatoms. The molecule has 0 fully saturated rings. The number of carbonyl (C=O) groups excluding carboxylic acids is 2. The van der Waals surface area contributed by atoms with Gasteiger partial charge in [-0.1, -0.05) is 30.3 Å². The first kappa shape index (κ1) is 13.3. The van der Waals surface area contributed by atoms with E-state index in [4.69, 9.17) is 0 Å². The van der Waals surface area contributed by atoms with Crippen molar-refractivity contribution in [3.8, 4) is 0 Å². The van der Waals surface area contributed by atoms with E-state index < -0.39 is 0 Å². The Kier molecular flexibility index (Phi) is 3.69. The largest absolute Gasteiger partial charge is 0.327 e. The monoisotopic (exact) mass is 258 g/mol. The Morgan fingerprint density at radius 1 is 1.32 bits per heavy atom. The van der Waals surface area contributed by atoms with E-state index in [9.17, 15) is 9.59 Å². The van der Waals surface area contributed by atoms with E-state index in [1.165, 1.54) is 0 Å². The van der Waals surface area contributed by atoms with Crippen molar-refractivity contribution in [2.75, 3.05) is 6.54 Å². The molecule has 100 valence electrons. The minimum absolute atomic E-state index is 0.00944. The molecule has 1 aromatic rings. The predicted octanol–water partition coefficient (Wildman–Crippen LogP) is 2.64. The smallest absolute Gasteiger partial charge is 0.322 e. The van der Waals surface area contributed by atoms with E-state index in [1.807, 2.05) is 44.2 Å². The number of amides is 2. The van der Waals surface area contributed by atoms with Crippen LogP contribution in [0, 0.1) is 0 Å². The van der Waals surface area contributed by atoms with Gasteiger partial charge >= 0.3 is 6.03 Å². The van der Waals surface area contributed by atoms with Gasteiger partial charge in [0.15, 0.2) is 5.78 Å². The molecule has 2 amide bonds. The van der Waals surface area contributed by atoms with Gasteiger partial charge in [-0.15, -0.1) is 0 Å². The molecule has 0 aliphatic carbocycles. The number of hydrogen-bond donors (Lipinski definition) is 1. The van der Waals surface area contributed by atoms with Gasteiger partial charge in [0.1, 0.15) is 0 Å². The maximum absolute atomic E-state index is 12.1. The van der Waals surface area contributed by atoms with Crippen LogP contribution in [0.15, 0.2) is 41.6 Å². The second-order valence-corrected chi connectivity index (χ2v) is 4.59. The normalized spacial score (nSPS) is 19.4. The van der Waals surface area contributed by atoms with Gasteiger partial charge in [-0.05, 0) is 26.3 Å². The second kappa shape index (κ2) is 5.26. The van der Waals surface area contributed by atoms with Crippen LogP contribution in [0.1, 0.15) is 32.4 Å². The summed E-state index contributed by atoms with van der Waals surface area (Å²) in [5.41, 5.74) is 2.33. The van der Waals surface area contributed by atoms with Crippen LogP contribution in [-0.2, 0) is 4.79 Å². The average molecular weight is 258 g/mol. The molecule has 0 radical (unpaired) electrons. The zero-order valence-corrected chi connectivity index (χ0v) is 11.4. The fraction of sp³-hybridized carbons (Fsp3) is 0.333. The van der Waals surface area contributed by atoms with E-state index in [-0.39, 0.29) is 17.9 Å². The Morgan fingerprint density at radius 2 is 1.95 bits per heavy atom. The van der Waals surface area contributed by atoms with Gasteiger partial charge in [0.05, 0.1) is 6.04 Å². The van der Waals surface area contributed by atoms with Crippen molar-refractivity contribution in [3.05, 3.63) is 47.2 Å². The SMILES string of the molecule is CCN1C(=O)N[C@@H](c2ccccc2)C(C(C)=O)=C1C.